The second-order valence-electron chi connectivity index (χ2n) is 9.64. The standard InChI is InChI=1S/C29H32F2N8O2/c1-33-16-23(14-32)22-4-2-21(3-5-22)15-34-27-13-25(36-20-37-27)26-17-35-28-12-24(6-7-39(26)28)41-11-9-38-8-10-40-19-29(30,31)18-38/h2-7,12-14,16-17,20,32-33H,8-11,15,18-19H2,1H3,(H,34,36,37)/b23-16+,32-14?. The topological polar surface area (TPSA) is 113 Å². The molecule has 1 aliphatic heterocycles. The molecule has 0 spiro atoms. The Kier molecular flexibility index (Phi) is 8.80. The Morgan fingerprint density at radius 1 is 1.17 bits per heavy atom. The molecule has 1 saturated heterocycles. The maximum Gasteiger partial charge on any atom is 0.283 e. The van der Waals surface area contributed by atoms with E-state index in [1.807, 2.05) is 53.1 Å². The van der Waals surface area contributed by atoms with Gasteiger partial charge in [-0.25, -0.2) is 23.7 Å². The van der Waals surface area contributed by atoms with Gasteiger partial charge in [0.2, 0.25) is 0 Å². The Morgan fingerprint density at radius 3 is 2.83 bits per heavy atom. The average Bonchev–Trinajstić information content (AvgIpc) is 3.32. The van der Waals surface area contributed by atoms with E-state index in [9.17, 15) is 8.78 Å². The van der Waals surface area contributed by atoms with E-state index in [4.69, 9.17) is 14.9 Å². The van der Waals surface area contributed by atoms with Crippen molar-refractivity contribution in [3.8, 4) is 17.1 Å². The molecule has 3 aromatic heterocycles. The molecule has 1 aromatic carbocycles. The van der Waals surface area contributed by atoms with Crippen molar-refractivity contribution in [1.29, 1.82) is 5.41 Å². The summed E-state index contributed by atoms with van der Waals surface area (Å²) in [7, 11) is 1.81. The molecule has 41 heavy (non-hydrogen) atoms. The van der Waals surface area contributed by atoms with E-state index in [1.54, 1.807) is 24.3 Å². The van der Waals surface area contributed by atoms with E-state index in [1.165, 1.54) is 12.5 Å². The molecule has 3 N–H and O–H groups in total. The van der Waals surface area contributed by atoms with Crippen molar-refractivity contribution in [2.45, 2.75) is 12.5 Å². The van der Waals surface area contributed by atoms with E-state index in [2.05, 4.69) is 25.6 Å². The van der Waals surface area contributed by atoms with Crippen LogP contribution in [0.25, 0.3) is 22.6 Å². The molecule has 4 heterocycles. The van der Waals surface area contributed by atoms with Crippen LogP contribution in [0.3, 0.4) is 0 Å². The second-order valence-corrected chi connectivity index (χ2v) is 9.64. The van der Waals surface area contributed by atoms with Crippen molar-refractivity contribution in [2.24, 2.45) is 0 Å². The summed E-state index contributed by atoms with van der Waals surface area (Å²) in [6.07, 6.45) is 8.20. The Morgan fingerprint density at radius 2 is 2.02 bits per heavy atom. The highest BCUT2D eigenvalue weighted by molar-refractivity contribution is 6.08. The number of halogens is 2. The molecule has 4 aromatic rings. The van der Waals surface area contributed by atoms with Gasteiger partial charge in [0.15, 0.2) is 0 Å². The molecule has 1 aliphatic rings. The number of benzene rings is 1. The van der Waals surface area contributed by atoms with Crippen LogP contribution in [0.4, 0.5) is 14.6 Å². The van der Waals surface area contributed by atoms with Gasteiger partial charge in [0.1, 0.15) is 36.8 Å². The van der Waals surface area contributed by atoms with E-state index in [0.717, 1.165) is 22.4 Å². The van der Waals surface area contributed by atoms with Crippen LogP contribution >= 0.6 is 0 Å². The normalized spacial score (nSPS) is 15.8. The van der Waals surface area contributed by atoms with Gasteiger partial charge in [-0.3, -0.25) is 9.30 Å². The SMILES string of the molecule is CN/C=C(\C=N)c1ccc(CNc2cc(-c3cnc4cc(OCCN5CCOCC(F)(F)C5)ccn34)ncn2)cc1. The van der Waals surface area contributed by atoms with Crippen LogP contribution in [0.2, 0.25) is 0 Å². The first-order chi connectivity index (χ1) is 19.9. The molecular formula is C29H32F2N8O2. The first kappa shape index (κ1) is 28.1. The van der Waals surface area contributed by atoms with Gasteiger partial charge in [-0.1, -0.05) is 24.3 Å². The third kappa shape index (κ3) is 7.21. The Hall–Kier alpha value is -4.42. The minimum atomic E-state index is -2.85. The Balaban J connectivity index is 1.20. The Bertz CT molecular complexity index is 1510. The highest BCUT2D eigenvalue weighted by atomic mass is 19.3. The lowest BCUT2D eigenvalue weighted by atomic mass is 10.1. The molecule has 0 saturated carbocycles. The van der Waals surface area contributed by atoms with Crippen molar-refractivity contribution < 1.29 is 18.3 Å². The molecule has 1 fully saturated rings. The van der Waals surface area contributed by atoms with Gasteiger partial charge < -0.3 is 25.5 Å². The summed E-state index contributed by atoms with van der Waals surface area (Å²) in [6.45, 7) is 1.09. The highest BCUT2D eigenvalue weighted by Gasteiger charge is 2.34. The van der Waals surface area contributed by atoms with Gasteiger partial charge in [0, 0.05) is 63.0 Å². The van der Waals surface area contributed by atoms with Crippen molar-refractivity contribution in [2.75, 3.05) is 51.8 Å². The lowest BCUT2D eigenvalue weighted by Gasteiger charge is -2.22. The number of hydrogen-bond donors (Lipinski definition) is 3. The quantitative estimate of drug-likeness (QED) is 0.236. The fourth-order valence-corrected chi connectivity index (χ4v) is 4.56. The van der Waals surface area contributed by atoms with Crippen molar-refractivity contribution in [1.82, 2.24) is 29.6 Å². The van der Waals surface area contributed by atoms with Gasteiger partial charge >= 0.3 is 0 Å². The number of nitrogens with one attached hydrogen (secondary N) is 3. The van der Waals surface area contributed by atoms with E-state index in [0.29, 0.717) is 42.5 Å². The number of fused-ring (bicyclic) bond motifs is 1. The molecule has 214 valence electrons. The summed E-state index contributed by atoms with van der Waals surface area (Å²) in [5, 5.41) is 13.9. The number of nitrogens with zero attached hydrogens (tertiary/aromatic N) is 5. The Labute approximate surface area is 236 Å². The summed E-state index contributed by atoms with van der Waals surface area (Å²) < 4.78 is 40.2. The lowest BCUT2D eigenvalue weighted by Crippen LogP contribution is -2.39. The summed E-state index contributed by atoms with van der Waals surface area (Å²) in [6, 6.07) is 13.5. The molecule has 5 rings (SSSR count). The van der Waals surface area contributed by atoms with Crippen molar-refractivity contribution in [3.63, 3.8) is 0 Å². The molecule has 0 atom stereocenters. The maximum atomic E-state index is 13.8. The first-order valence-electron chi connectivity index (χ1n) is 13.3. The molecule has 10 nitrogen and oxygen atoms in total. The van der Waals surface area contributed by atoms with Crippen LogP contribution in [-0.2, 0) is 11.3 Å². The second kappa shape index (κ2) is 12.8. The number of rotatable bonds is 11. The molecule has 0 bridgehead atoms. The van der Waals surface area contributed by atoms with Crippen LogP contribution < -0.4 is 15.4 Å². The van der Waals surface area contributed by atoms with Crippen molar-refractivity contribution in [3.05, 3.63) is 78.5 Å². The molecule has 0 unspecified atom stereocenters. The lowest BCUT2D eigenvalue weighted by molar-refractivity contribution is -0.0688. The molecule has 0 aliphatic carbocycles. The van der Waals surface area contributed by atoms with Crippen LogP contribution in [0.15, 0.2) is 67.4 Å². The van der Waals surface area contributed by atoms with E-state index >= 15 is 0 Å². The summed E-state index contributed by atoms with van der Waals surface area (Å²) in [5.41, 5.74) is 5.01. The van der Waals surface area contributed by atoms with E-state index in [-0.39, 0.29) is 19.8 Å². The number of aromatic nitrogens is 4. The smallest absolute Gasteiger partial charge is 0.283 e. The predicted molar refractivity (Wildman–Crippen MR) is 154 cm³/mol. The fourth-order valence-electron chi connectivity index (χ4n) is 4.56. The molecule has 0 amide bonds. The number of alkyl halides is 2. The van der Waals surface area contributed by atoms with Crippen LogP contribution in [0.1, 0.15) is 11.1 Å². The summed E-state index contributed by atoms with van der Waals surface area (Å²) in [4.78, 5) is 14.9. The van der Waals surface area contributed by atoms with Gasteiger partial charge in [-0.05, 0) is 17.2 Å². The molecular weight excluding hydrogens is 530 g/mol. The van der Waals surface area contributed by atoms with Gasteiger partial charge in [-0.2, -0.15) is 0 Å². The van der Waals surface area contributed by atoms with Crippen LogP contribution in [0, 0.1) is 5.41 Å². The van der Waals surface area contributed by atoms with Gasteiger partial charge in [-0.15, -0.1) is 0 Å². The zero-order valence-corrected chi connectivity index (χ0v) is 22.7. The molecule has 12 heteroatoms. The zero-order chi connectivity index (χ0) is 28.7. The minimum absolute atomic E-state index is 0.278. The number of pyridine rings is 1. The summed E-state index contributed by atoms with van der Waals surface area (Å²) >= 11 is 0. The predicted octanol–water partition coefficient (Wildman–Crippen LogP) is 3.96. The largest absolute Gasteiger partial charge is 0.492 e. The van der Waals surface area contributed by atoms with Crippen LogP contribution in [0.5, 0.6) is 5.75 Å². The minimum Gasteiger partial charge on any atom is -0.492 e. The first-order valence-corrected chi connectivity index (χ1v) is 13.3. The summed E-state index contributed by atoms with van der Waals surface area (Å²) in [5.74, 6) is -1.56. The number of imidazole rings is 1. The number of anilines is 1. The number of allylic oxidation sites excluding steroid dienone is 1. The number of hydrogen-bond acceptors (Lipinski definition) is 9. The monoisotopic (exact) mass is 562 g/mol. The third-order valence-corrected chi connectivity index (χ3v) is 6.63. The fraction of sp³-hybridized carbons (Fsp3) is 0.310. The van der Waals surface area contributed by atoms with Crippen LogP contribution in [-0.4, -0.2) is 82.9 Å². The number of ether oxygens (including phenoxy) is 2. The van der Waals surface area contributed by atoms with Crippen molar-refractivity contribution >= 4 is 23.3 Å². The van der Waals surface area contributed by atoms with Gasteiger partial charge in [0.25, 0.3) is 5.92 Å². The zero-order valence-electron chi connectivity index (χ0n) is 22.7. The van der Waals surface area contributed by atoms with E-state index < -0.39 is 12.5 Å². The average molecular weight is 563 g/mol. The maximum absolute atomic E-state index is 13.8. The highest BCUT2D eigenvalue weighted by Crippen LogP contribution is 2.24. The van der Waals surface area contributed by atoms with Gasteiger partial charge in [0.05, 0.1) is 30.7 Å². The third-order valence-electron chi connectivity index (χ3n) is 6.63. The molecule has 0 radical (unpaired) electrons.